The number of aliphatic hydroxyl groups excluding tert-OH is 1. The molecule has 0 aromatic rings. The van der Waals surface area contributed by atoms with E-state index in [0.29, 0.717) is 0 Å². The van der Waals surface area contributed by atoms with E-state index in [0.717, 1.165) is 19.3 Å². The Balaban J connectivity index is 2.77. The Labute approximate surface area is 74.8 Å². The van der Waals surface area contributed by atoms with Crippen molar-refractivity contribution in [1.82, 2.24) is 0 Å². The Morgan fingerprint density at radius 1 is 1.33 bits per heavy atom. The molecule has 2 atom stereocenters. The summed E-state index contributed by atoms with van der Waals surface area (Å²) in [6, 6.07) is 0. The SMILES string of the molecule is CCCC1(CC)C=CC=CC1O. The van der Waals surface area contributed by atoms with Crippen molar-refractivity contribution < 1.29 is 5.11 Å². The van der Waals surface area contributed by atoms with Gasteiger partial charge in [0.2, 0.25) is 0 Å². The highest BCUT2D eigenvalue weighted by Crippen LogP contribution is 2.36. The summed E-state index contributed by atoms with van der Waals surface area (Å²) in [6.45, 7) is 4.30. The molecule has 68 valence electrons. The molecule has 0 saturated heterocycles. The Bertz CT molecular complexity index is 193. The lowest BCUT2D eigenvalue weighted by Gasteiger charge is -2.34. The van der Waals surface area contributed by atoms with Crippen LogP contribution in [-0.2, 0) is 0 Å². The molecule has 2 unspecified atom stereocenters. The van der Waals surface area contributed by atoms with Crippen LogP contribution >= 0.6 is 0 Å². The zero-order valence-corrected chi connectivity index (χ0v) is 7.96. The summed E-state index contributed by atoms with van der Waals surface area (Å²) in [5.41, 5.74) is 0.0174. The van der Waals surface area contributed by atoms with Crippen LogP contribution in [0.15, 0.2) is 24.3 Å². The molecular formula is C11H18O. The van der Waals surface area contributed by atoms with E-state index in [4.69, 9.17) is 0 Å². The maximum Gasteiger partial charge on any atom is 0.0814 e. The maximum atomic E-state index is 9.81. The van der Waals surface area contributed by atoms with Crippen LogP contribution in [0.4, 0.5) is 0 Å². The zero-order chi connectivity index (χ0) is 9.03. The fourth-order valence-electron chi connectivity index (χ4n) is 1.91. The predicted molar refractivity (Wildman–Crippen MR) is 51.9 cm³/mol. The minimum absolute atomic E-state index is 0.0174. The summed E-state index contributed by atoms with van der Waals surface area (Å²) in [7, 11) is 0. The van der Waals surface area contributed by atoms with Gasteiger partial charge in [0, 0.05) is 5.41 Å². The van der Waals surface area contributed by atoms with Gasteiger partial charge >= 0.3 is 0 Å². The fourth-order valence-corrected chi connectivity index (χ4v) is 1.91. The predicted octanol–water partition coefficient (Wildman–Crippen LogP) is 2.67. The molecule has 0 fully saturated rings. The molecule has 0 amide bonds. The number of allylic oxidation sites excluding steroid dienone is 2. The first-order valence-electron chi connectivity index (χ1n) is 4.79. The highest BCUT2D eigenvalue weighted by atomic mass is 16.3. The molecule has 0 heterocycles. The molecule has 12 heavy (non-hydrogen) atoms. The molecule has 0 spiro atoms. The van der Waals surface area contributed by atoms with Crippen molar-refractivity contribution in [3.63, 3.8) is 0 Å². The van der Waals surface area contributed by atoms with Crippen molar-refractivity contribution in [2.45, 2.75) is 39.2 Å². The normalized spacial score (nSPS) is 34.1. The molecule has 0 saturated carbocycles. The standard InChI is InChI=1S/C11H18O/c1-3-8-11(4-2)9-6-5-7-10(11)12/h5-7,9-10,12H,3-4,8H2,1-2H3. The zero-order valence-electron chi connectivity index (χ0n) is 7.96. The quantitative estimate of drug-likeness (QED) is 0.683. The van der Waals surface area contributed by atoms with Gasteiger partial charge in [-0.05, 0) is 12.8 Å². The second-order valence-electron chi connectivity index (χ2n) is 3.53. The van der Waals surface area contributed by atoms with Crippen LogP contribution in [0, 0.1) is 5.41 Å². The van der Waals surface area contributed by atoms with E-state index < -0.39 is 0 Å². The number of hydrogen-bond donors (Lipinski definition) is 1. The van der Waals surface area contributed by atoms with E-state index in [1.807, 2.05) is 18.2 Å². The monoisotopic (exact) mass is 166 g/mol. The summed E-state index contributed by atoms with van der Waals surface area (Å²) in [5.74, 6) is 0. The van der Waals surface area contributed by atoms with Gasteiger partial charge in [-0.25, -0.2) is 0 Å². The first-order valence-corrected chi connectivity index (χ1v) is 4.79. The Hall–Kier alpha value is -0.560. The van der Waals surface area contributed by atoms with E-state index in [9.17, 15) is 5.11 Å². The maximum absolute atomic E-state index is 9.81. The van der Waals surface area contributed by atoms with Crippen molar-refractivity contribution >= 4 is 0 Å². The molecule has 1 N–H and O–H groups in total. The van der Waals surface area contributed by atoms with Gasteiger partial charge in [-0.3, -0.25) is 0 Å². The molecule has 1 heteroatoms. The van der Waals surface area contributed by atoms with Crippen LogP contribution in [-0.4, -0.2) is 11.2 Å². The van der Waals surface area contributed by atoms with Crippen molar-refractivity contribution in [2.24, 2.45) is 5.41 Å². The van der Waals surface area contributed by atoms with Gasteiger partial charge in [0.25, 0.3) is 0 Å². The van der Waals surface area contributed by atoms with E-state index in [-0.39, 0.29) is 11.5 Å². The molecule has 0 aliphatic heterocycles. The van der Waals surface area contributed by atoms with Gasteiger partial charge in [0.1, 0.15) is 0 Å². The first kappa shape index (κ1) is 9.53. The van der Waals surface area contributed by atoms with Gasteiger partial charge < -0.3 is 5.11 Å². The Morgan fingerprint density at radius 3 is 2.58 bits per heavy atom. The summed E-state index contributed by atoms with van der Waals surface area (Å²) >= 11 is 0. The lowest BCUT2D eigenvalue weighted by molar-refractivity contribution is 0.0858. The Morgan fingerprint density at radius 2 is 2.08 bits per heavy atom. The second kappa shape index (κ2) is 3.90. The minimum atomic E-state index is -0.285. The van der Waals surface area contributed by atoms with Gasteiger partial charge in [-0.1, -0.05) is 44.6 Å². The average Bonchev–Trinajstić information content (AvgIpc) is 2.10. The van der Waals surface area contributed by atoms with Crippen LogP contribution in [0.1, 0.15) is 33.1 Å². The Kier molecular flexibility index (Phi) is 3.10. The van der Waals surface area contributed by atoms with Crippen LogP contribution in [0.5, 0.6) is 0 Å². The highest BCUT2D eigenvalue weighted by molar-refractivity contribution is 5.20. The van der Waals surface area contributed by atoms with E-state index in [2.05, 4.69) is 19.9 Å². The largest absolute Gasteiger partial charge is 0.388 e. The fraction of sp³-hybridized carbons (Fsp3) is 0.636. The van der Waals surface area contributed by atoms with E-state index >= 15 is 0 Å². The molecule has 1 rings (SSSR count). The number of hydrogen-bond acceptors (Lipinski definition) is 1. The van der Waals surface area contributed by atoms with Crippen LogP contribution < -0.4 is 0 Å². The average molecular weight is 166 g/mol. The summed E-state index contributed by atoms with van der Waals surface area (Å²) in [5, 5.41) is 9.81. The molecule has 0 bridgehead atoms. The summed E-state index contributed by atoms with van der Waals surface area (Å²) < 4.78 is 0. The van der Waals surface area contributed by atoms with E-state index in [1.54, 1.807) is 0 Å². The third-order valence-corrected chi connectivity index (χ3v) is 2.80. The third-order valence-electron chi connectivity index (χ3n) is 2.80. The van der Waals surface area contributed by atoms with Gasteiger partial charge in [0.15, 0.2) is 0 Å². The molecule has 0 aromatic heterocycles. The van der Waals surface area contributed by atoms with Gasteiger partial charge in [-0.2, -0.15) is 0 Å². The van der Waals surface area contributed by atoms with Crippen LogP contribution in [0.3, 0.4) is 0 Å². The molecule has 0 aromatic carbocycles. The highest BCUT2D eigenvalue weighted by Gasteiger charge is 2.32. The summed E-state index contributed by atoms with van der Waals surface area (Å²) in [6.07, 6.45) is 10.9. The minimum Gasteiger partial charge on any atom is -0.388 e. The van der Waals surface area contributed by atoms with Crippen molar-refractivity contribution in [3.05, 3.63) is 24.3 Å². The molecule has 1 aliphatic rings. The van der Waals surface area contributed by atoms with Gasteiger partial charge in [-0.15, -0.1) is 0 Å². The van der Waals surface area contributed by atoms with Crippen molar-refractivity contribution in [1.29, 1.82) is 0 Å². The van der Waals surface area contributed by atoms with E-state index in [1.165, 1.54) is 0 Å². The molecule has 0 radical (unpaired) electrons. The number of aliphatic hydroxyl groups is 1. The van der Waals surface area contributed by atoms with Gasteiger partial charge in [0.05, 0.1) is 6.10 Å². The first-order chi connectivity index (χ1) is 5.75. The smallest absolute Gasteiger partial charge is 0.0814 e. The van der Waals surface area contributed by atoms with Crippen LogP contribution in [0.25, 0.3) is 0 Å². The molecule has 1 aliphatic carbocycles. The number of rotatable bonds is 3. The summed E-state index contributed by atoms with van der Waals surface area (Å²) in [4.78, 5) is 0. The topological polar surface area (TPSA) is 20.2 Å². The lowest BCUT2D eigenvalue weighted by Crippen LogP contribution is -2.32. The molecular weight excluding hydrogens is 148 g/mol. The third kappa shape index (κ3) is 1.61. The molecule has 1 nitrogen and oxygen atoms in total. The van der Waals surface area contributed by atoms with Crippen molar-refractivity contribution in [3.8, 4) is 0 Å². The van der Waals surface area contributed by atoms with Crippen LogP contribution in [0.2, 0.25) is 0 Å². The second-order valence-corrected chi connectivity index (χ2v) is 3.53. The van der Waals surface area contributed by atoms with Crippen molar-refractivity contribution in [2.75, 3.05) is 0 Å². The lowest BCUT2D eigenvalue weighted by atomic mass is 9.74.